The molecular formula is C14H20F3N3O3Si. The largest absolute Gasteiger partial charge is 0.419 e. The van der Waals surface area contributed by atoms with Crippen molar-refractivity contribution >= 4 is 19.1 Å². The normalized spacial score (nSPS) is 13.0. The van der Waals surface area contributed by atoms with Gasteiger partial charge in [-0.25, -0.2) is 4.98 Å². The summed E-state index contributed by atoms with van der Waals surface area (Å²) in [5.41, 5.74) is -2.49. The number of nitrogens with zero attached hydrogens (tertiary/aromatic N) is 2. The fraction of sp³-hybridized carbons (Fsp3) is 0.571. The van der Waals surface area contributed by atoms with Gasteiger partial charge in [-0.15, -0.1) is 0 Å². The third-order valence-corrected chi connectivity index (χ3v) is 5.23. The topological polar surface area (TPSA) is 80.1 Å². The molecule has 0 bridgehead atoms. The van der Waals surface area contributed by atoms with Crippen LogP contribution in [0, 0.1) is 0 Å². The molecule has 0 amide bonds. The quantitative estimate of drug-likeness (QED) is 0.611. The number of alkyl halides is 3. The highest BCUT2D eigenvalue weighted by Gasteiger charge is 2.35. The Morgan fingerprint density at radius 3 is 2.58 bits per heavy atom. The van der Waals surface area contributed by atoms with E-state index in [4.69, 9.17) is 4.74 Å². The summed E-state index contributed by atoms with van der Waals surface area (Å²) in [4.78, 5) is 17.8. The molecule has 0 aliphatic heterocycles. The zero-order chi connectivity index (χ0) is 18.1. The van der Waals surface area contributed by atoms with Crippen molar-refractivity contribution in [3.05, 3.63) is 27.9 Å². The van der Waals surface area contributed by atoms with Crippen LogP contribution in [-0.2, 0) is 24.3 Å². The molecule has 2 N–H and O–H groups in total. The van der Waals surface area contributed by atoms with Crippen LogP contribution in [0.25, 0.3) is 11.0 Å². The van der Waals surface area contributed by atoms with Crippen molar-refractivity contribution in [1.82, 2.24) is 14.5 Å². The van der Waals surface area contributed by atoms with E-state index in [-0.39, 0.29) is 18.1 Å². The second kappa shape index (κ2) is 6.69. The van der Waals surface area contributed by atoms with Crippen molar-refractivity contribution in [2.24, 2.45) is 0 Å². The number of hydrogen-bond donors (Lipinski definition) is 2. The van der Waals surface area contributed by atoms with Crippen LogP contribution >= 0.6 is 0 Å². The van der Waals surface area contributed by atoms with Gasteiger partial charge in [0.2, 0.25) is 0 Å². The number of imidazole rings is 1. The highest BCUT2D eigenvalue weighted by atomic mass is 28.3. The van der Waals surface area contributed by atoms with Crippen LogP contribution in [0.1, 0.15) is 11.4 Å². The fourth-order valence-corrected chi connectivity index (χ4v) is 2.96. The van der Waals surface area contributed by atoms with Crippen LogP contribution in [0.4, 0.5) is 13.2 Å². The predicted octanol–water partition coefficient (Wildman–Crippen LogP) is 2.55. The van der Waals surface area contributed by atoms with Crippen molar-refractivity contribution in [1.29, 1.82) is 0 Å². The molecule has 6 nitrogen and oxygen atoms in total. The van der Waals surface area contributed by atoms with E-state index in [0.29, 0.717) is 12.8 Å². The SMILES string of the molecule is C[Si](C)(C)CCOCn1c(CO)nc2c(C(F)(F)F)c[nH]c(=O)c21. The first-order chi connectivity index (χ1) is 11.0. The number of aliphatic hydroxyl groups excluding tert-OH is 1. The summed E-state index contributed by atoms with van der Waals surface area (Å²) in [7, 11) is -1.32. The number of pyridine rings is 1. The van der Waals surface area contributed by atoms with E-state index in [2.05, 4.69) is 29.6 Å². The molecule has 0 saturated carbocycles. The summed E-state index contributed by atoms with van der Waals surface area (Å²) >= 11 is 0. The summed E-state index contributed by atoms with van der Waals surface area (Å²) in [5, 5.41) is 9.36. The van der Waals surface area contributed by atoms with Gasteiger partial charge in [0.05, 0.1) is 5.56 Å². The molecular weight excluding hydrogens is 343 g/mol. The van der Waals surface area contributed by atoms with Crippen molar-refractivity contribution in [2.75, 3.05) is 6.61 Å². The first kappa shape index (κ1) is 18.7. The smallest absolute Gasteiger partial charge is 0.388 e. The molecule has 0 aliphatic rings. The Hall–Kier alpha value is -1.65. The lowest BCUT2D eigenvalue weighted by atomic mass is 10.2. The molecule has 2 aromatic heterocycles. The van der Waals surface area contributed by atoms with Gasteiger partial charge in [0.15, 0.2) is 0 Å². The van der Waals surface area contributed by atoms with E-state index in [1.54, 1.807) is 0 Å². The minimum atomic E-state index is -4.66. The predicted molar refractivity (Wildman–Crippen MR) is 85.4 cm³/mol. The van der Waals surface area contributed by atoms with E-state index < -0.39 is 37.5 Å². The Bertz CT molecular complexity index is 778. The molecule has 2 aromatic rings. The zero-order valence-electron chi connectivity index (χ0n) is 13.7. The van der Waals surface area contributed by atoms with Gasteiger partial charge in [0.25, 0.3) is 5.56 Å². The van der Waals surface area contributed by atoms with Gasteiger partial charge in [-0.1, -0.05) is 19.6 Å². The summed E-state index contributed by atoms with van der Waals surface area (Å²) in [5.74, 6) is -0.0415. The average molecular weight is 363 g/mol. The minimum absolute atomic E-state index is 0.0415. The molecule has 2 rings (SSSR count). The third-order valence-electron chi connectivity index (χ3n) is 3.53. The lowest BCUT2D eigenvalue weighted by Crippen LogP contribution is -2.22. The van der Waals surface area contributed by atoms with Crippen molar-refractivity contribution in [3.63, 3.8) is 0 Å². The maximum atomic E-state index is 13.1. The van der Waals surface area contributed by atoms with Crippen LogP contribution in [0.3, 0.4) is 0 Å². The molecule has 134 valence electrons. The monoisotopic (exact) mass is 363 g/mol. The van der Waals surface area contributed by atoms with Crippen LogP contribution < -0.4 is 5.56 Å². The van der Waals surface area contributed by atoms with E-state index in [1.165, 1.54) is 4.57 Å². The van der Waals surface area contributed by atoms with Gasteiger partial charge in [0.1, 0.15) is 30.2 Å². The highest BCUT2D eigenvalue weighted by Crippen LogP contribution is 2.33. The molecule has 0 atom stereocenters. The number of nitrogens with one attached hydrogen (secondary N) is 1. The lowest BCUT2D eigenvalue weighted by molar-refractivity contribution is -0.136. The molecule has 24 heavy (non-hydrogen) atoms. The summed E-state index contributed by atoms with van der Waals surface area (Å²) < 4.78 is 45.9. The second-order valence-corrected chi connectivity index (χ2v) is 12.3. The number of hydrogen-bond acceptors (Lipinski definition) is 4. The second-order valence-electron chi connectivity index (χ2n) is 6.69. The maximum absolute atomic E-state index is 13.1. The first-order valence-electron chi connectivity index (χ1n) is 7.41. The van der Waals surface area contributed by atoms with Crippen molar-refractivity contribution < 1.29 is 23.0 Å². The highest BCUT2D eigenvalue weighted by molar-refractivity contribution is 6.76. The Morgan fingerprint density at radius 1 is 1.38 bits per heavy atom. The number of aromatic amines is 1. The van der Waals surface area contributed by atoms with Gasteiger partial charge in [-0.2, -0.15) is 13.2 Å². The minimum Gasteiger partial charge on any atom is -0.388 e. The van der Waals surface area contributed by atoms with E-state index in [0.717, 1.165) is 6.04 Å². The Morgan fingerprint density at radius 2 is 2.04 bits per heavy atom. The van der Waals surface area contributed by atoms with E-state index in [9.17, 15) is 23.1 Å². The molecule has 0 saturated heterocycles. The first-order valence-corrected chi connectivity index (χ1v) is 11.1. The maximum Gasteiger partial charge on any atom is 0.419 e. The molecule has 0 aromatic carbocycles. The van der Waals surface area contributed by atoms with Gasteiger partial charge in [-0.3, -0.25) is 9.36 Å². The van der Waals surface area contributed by atoms with Crippen LogP contribution in [0.5, 0.6) is 0 Å². The van der Waals surface area contributed by atoms with E-state index in [1.807, 2.05) is 0 Å². The van der Waals surface area contributed by atoms with Crippen molar-refractivity contribution in [3.8, 4) is 0 Å². The van der Waals surface area contributed by atoms with Gasteiger partial charge in [0, 0.05) is 20.9 Å². The number of halogens is 3. The molecule has 0 unspecified atom stereocenters. The fourth-order valence-electron chi connectivity index (χ4n) is 2.20. The number of aliphatic hydroxyl groups is 1. The van der Waals surface area contributed by atoms with Gasteiger partial charge >= 0.3 is 6.18 Å². The number of H-pyrrole nitrogens is 1. The Labute approximate surface area is 137 Å². The van der Waals surface area contributed by atoms with Crippen LogP contribution in [0.2, 0.25) is 25.7 Å². The number of ether oxygens (including phenoxy) is 1. The number of rotatable bonds is 6. The zero-order valence-corrected chi connectivity index (χ0v) is 14.7. The standard InChI is InChI=1S/C14H20F3N3O3Si/c1-24(2,3)5-4-23-8-20-10(7-21)19-11-9(14(15,16)17)6-18-13(22)12(11)20/h6,21H,4-5,7-8H2,1-3H3,(H,18,22). The molecule has 0 fully saturated rings. The van der Waals surface area contributed by atoms with Crippen LogP contribution in [-0.4, -0.2) is 34.3 Å². The molecule has 0 spiro atoms. The van der Waals surface area contributed by atoms with Crippen LogP contribution in [0.15, 0.2) is 11.0 Å². The summed E-state index contributed by atoms with van der Waals surface area (Å²) in [6.45, 7) is 6.20. The van der Waals surface area contributed by atoms with Gasteiger partial charge in [-0.05, 0) is 6.04 Å². The molecule has 0 radical (unpaired) electrons. The third kappa shape index (κ3) is 4.05. The summed E-state index contributed by atoms with van der Waals surface area (Å²) in [6, 6.07) is 0.873. The number of aromatic nitrogens is 3. The average Bonchev–Trinajstić information content (AvgIpc) is 2.81. The van der Waals surface area contributed by atoms with Crippen molar-refractivity contribution in [2.45, 2.75) is 45.2 Å². The Kier molecular flexibility index (Phi) is 5.21. The molecule has 2 heterocycles. The summed E-state index contributed by atoms with van der Waals surface area (Å²) in [6.07, 6.45) is -4.07. The lowest BCUT2D eigenvalue weighted by Gasteiger charge is -2.16. The molecule has 10 heteroatoms. The Balaban J connectivity index is 2.40. The van der Waals surface area contributed by atoms with E-state index >= 15 is 0 Å². The number of fused-ring (bicyclic) bond motifs is 1. The van der Waals surface area contributed by atoms with Gasteiger partial charge < -0.3 is 14.8 Å². The molecule has 0 aliphatic carbocycles.